The zero-order chi connectivity index (χ0) is 21.9. The number of nitrogens with zero attached hydrogens (tertiary/aromatic N) is 3. The van der Waals surface area contributed by atoms with Gasteiger partial charge in [-0.1, -0.05) is 18.2 Å². The average Bonchev–Trinajstić information content (AvgIpc) is 3.16. The van der Waals surface area contributed by atoms with E-state index in [-0.39, 0.29) is 21.7 Å². The van der Waals surface area contributed by atoms with Crippen LogP contribution in [0.2, 0.25) is 0 Å². The number of anilines is 1. The van der Waals surface area contributed by atoms with E-state index in [1.54, 1.807) is 0 Å². The van der Waals surface area contributed by atoms with E-state index in [9.17, 15) is 22.2 Å². The Morgan fingerprint density at radius 1 is 1.27 bits per heavy atom. The number of carbonyl (C=O) groups excluding carboxylic acids is 1. The number of alkyl halides is 3. The fourth-order valence-electron chi connectivity index (χ4n) is 2.78. The van der Waals surface area contributed by atoms with Crippen molar-refractivity contribution in [1.29, 1.82) is 5.26 Å². The van der Waals surface area contributed by atoms with E-state index >= 15 is 0 Å². The van der Waals surface area contributed by atoms with Crippen LogP contribution in [0.4, 0.5) is 18.9 Å². The Morgan fingerprint density at radius 2 is 2.00 bits per heavy atom. The highest BCUT2D eigenvalue weighted by Crippen LogP contribution is 2.32. The summed E-state index contributed by atoms with van der Waals surface area (Å²) < 4.78 is 52.5. The molecule has 0 fully saturated rings. The zero-order valence-corrected chi connectivity index (χ0v) is 16.0. The molecular weight excluding hydrogens is 419 g/mol. The second kappa shape index (κ2) is 8.48. The van der Waals surface area contributed by atoms with E-state index in [4.69, 9.17) is 10.4 Å². The minimum Gasteiger partial charge on any atom is -0.326 e. The largest absolute Gasteiger partial charge is 0.416 e. The number of amides is 1. The van der Waals surface area contributed by atoms with E-state index in [1.165, 1.54) is 53.5 Å². The number of nitrogens with one attached hydrogen (secondary N) is 1. The Hall–Kier alpha value is -3.49. The van der Waals surface area contributed by atoms with Gasteiger partial charge in [-0.3, -0.25) is 4.79 Å². The van der Waals surface area contributed by atoms with E-state index in [1.807, 2.05) is 6.07 Å². The number of hydrogen-bond acceptors (Lipinski definition) is 4. The van der Waals surface area contributed by atoms with Gasteiger partial charge in [0.25, 0.3) is 0 Å². The van der Waals surface area contributed by atoms with Gasteiger partial charge in [0.2, 0.25) is 5.91 Å². The number of carbonyl (C=O) groups is 1. The highest BCUT2D eigenvalue weighted by atomic mass is 32.2. The van der Waals surface area contributed by atoms with E-state index in [2.05, 4.69) is 10.4 Å². The van der Waals surface area contributed by atoms with Gasteiger partial charge in [0.15, 0.2) is 0 Å². The van der Waals surface area contributed by atoms with Crippen molar-refractivity contribution in [2.45, 2.75) is 17.5 Å². The third-order valence-corrected chi connectivity index (χ3v) is 4.85. The smallest absolute Gasteiger partial charge is 0.326 e. The highest BCUT2D eigenvalue weighted by Gasteiger charge is 2.33. The lowest BCUT2D eigenvalue weighted by atomic mass is 10.0. The van der Waals surface area contributed by atoms with Gasteiger partial charge >= 0.3 is 6.18 Å². The Kier molecular flexibility index (Phi) is 6.00. The summed E-state index contributed by atoms with van der Waals surface area (Å²) in [6.07, 6.45) is -2.34. The van der Waals surface area contributed by atoms with Crippen LogP contribution in [-0.4, -0.2) is 19.9 Å². The maximum Gasteiger partial charge on any atom is 0.416 e. The summed E-state index contributed by atoms with van der Waals surface area (Å²) in [6, 6.07) is 11.0. The standard InChI is InChI=1S/C19H14F3N5O2S/c20-19(21,22)15-4-2-1-3-13(15)7-18(28)26-14-5-6-16(17(8-14)30(24)29)27-11-12(9-23)10-25-27/h1-6,8,10-11H,7,24H2,(H,26,28). The van der Waals surface area contributed by atoms with Crippen molar-refractivity contribution in [1.82, 2.24) is 9.78 Å². The van der Waals surface area contributed by atoms with Crippen LogP contribution in [0.3, 0.4) is 0 Å². The van der Waals surface area contributed by atoms with Gasteiger partial charge in [0.05, 0.1) is 34.3 Å². The van der Waals surface area contributed by atoms with Gasteiger partial charge < -0.3 is 5.32 Å². The second-order valence-electron chi connectivity index (χ2n) is 6.15. The molecule has 0 bridgehead atoms. The number of hydrogen-bond donors (Lipinski definition) is 2. The maximum absolute atomic E-state index is 13.1. The van der Waals surface area contributed by atoms with Crippen LogP contribution in [0.5, 0.6) is 0 Å². The van der Waals surface area contributed by atoms with Gasteiger partial charge in [0.1, 0.15) is 17.1 Å². The SMILES string of the molecule is N#Cc1cnn(-c2ccc(NC(=O)Cc3ccccc3C(F)(F)F)cc2S(N)=O)c1. The number of benzene rings is 2. The van der Waals surface area contributed by atoms with Crippen LogP contribution >= 0.6 is 0 Å². The molecule has 0 saturated carbocycles. The lowest BCUT2D eigenvalue weighted by Gasteiger charge is -2.13. The zero-order valence-electron chi connectivity index (χ0n) is 15.2. The number of halogens is 3. The molecule has 0 saturated heterocycles. The van der Waals surface area contributed by atoms with Crippen LogP contribution in [0, 0.1) is 11.3 Å². The van der Waals surface area contributed by atoms with Crippen LogP contribution in [0.1, 0.15) is 16.7 Å². The van der Waals surface area contributed by atoms with Crippen molar-refractivity contribution in [3.05, 3.63) is 71.5 Å². The molecule has 1 aromatic heterocycles. The molecule has 1 amide bonds. The number of nitriles is 1. The van der Waals surface area contributed by atoms with Crippen LogP contribution in [-0.2, 0) is 28.4 Å². The summed E-state index contributed by atoms with van der Waals surface area (Å²) in [7, 11) is -1.96. The van der Waals surface area contributed by atoms with E-state index in [0.29, 0.717) is 5.69 Å². The normalized spacial score (nSPS) is 12.2. The lowest BCUT2D eigenvalue weighted by molar-refractivity contribution is -0.138. The molecule has 3 rings (SSSR count). The molecule has 1 unspecified atom stereocenters. The topological polar surface area (TPSA) is 114 Å². The first-order chi connectivity index (χ1) is 14.2. The van der Waals surface area contributed by atoms with Crippen molar-refractivity contribution in [3.63, 3.8) is 0 Å². The number of nitrogens with two attached hydrogens (primary N) is 1. The van der Waals surface area contributed by atoms with Crippen LogP contribution in [0.25, 0.3) is 5.69 Å². The van der Waals surface area contributed by atoms with E-state index < -0.39 is 35.1 Å². The molecule has 1 heterocycles. The predicted octanol–water partition coefficient (Wildman–Crippen LogP) is 2.93. The molecule has 1 atom stereocenters. The molecular formula is C19H14F3N5O2S. The van der Waals surface area contributed by atoms with Gasteiger partial charge in [-0.2, -0.15) is 23.5 Å². The first-order valence-corrected chi connectivity index (χ1v) is 9.60. The first-order valence-electron chi connectivity index (χ1n) is 8.39. The van der Waals surface area contributed by atoms with Gasteiger partial charge in [-0.25, -0.2) is 14.0 Å². The van der Waals surface area contributed by atoms with Gasteiger partial charge in [-0.15, -0.1) is 0 Å². The van der Waals surface area contributed by atoms with Crippen LogP contribution in [0.15, 0.2) is 59.8 Å². The molecule has 7 nitrogen and oxygen atoms in total. The predicted molar refractivity (Wildman–Crippen MR) is 103 cm³/mol. The molecule has 0 radical (unpaired) electrons. The Labute approximate surface area is 171 Å². The monoisotopic (exact) mass is 433 g/mol. The maximum atomic E-state index is 13.1. The Morgan fingerprint density at radius 3 is 2.63 bits per heavy atom. The molecule has 0 aliphatic carbocycles. The summed E-state index contributed by atoms with van der Waals surface area (Å²) in [6.45, 7) is 0. The third-order valence-electron chi connectivity index (χ3n) is 4.09. The van der Waals surface area contributed by atoms with Crippen molar-refractivity contribution in [2.24, 2.45) is 5.14 Å². The van der Waals surface area contributed by atoms with Crippen LogP contribution < -0.4 is 10.5 Å². The lowest BCUT2D eigenvalue weighted by Crippen LogP contribution is -2.18. The Bertz CT molecular complexity index is 1170. The summed E-state index contributed by atoms with van der Waals surface area (Å²) in [5, 5.41) is 20.9. The minimum atomic E-state index is -4.58. The molecule has 0 spiro atoms. The fourth-order valence-corrected chi connectivity index (χ4v) is 3.39. The van der Waals surface area contributed by atoms with Crippen molar-refractivity contribution in [3.8, 4) is 11.8 Å². The molecule has 2 aromatic carbocycles. The fraction of sp³-hybridized carbons (Fsp3) is 0.105. The quantitative estimate of drug-likeness (QED) is 0.644. The molecule has 11 heteroatoms. The molecule has 3 N–H and O–H groups in total. The van der Waals surface area contributed by atoms with Crippen molar-refractivity contribution in [2.75, 3.05) is 5.32 Å². The third kappa shape index (κ3) is 4.73. The second-order valence-corrected chi connectivity index (χ2v) is 7.18. The summed E-state index contributed by atoms with van der Waals surface area (Å²) in [4.78, 5) is 12.4. The number of aromatic nitrogens is 2. The molecule has 3 aromatic rings. The number of rotatable bonds is 5. The molecule has 0 aliphatic heterocycles. The van der Waals surface area contributed by atoms with Gasteiger partial charge in [0, 0.05) is 11.9 Å². The van der Waals surface area contributed by atoms with Crippen molar-refractivity contribution >= 4 is 22.6 Å². The average molecular weight is 433 g/mol. The highest BCUT2D eigenvalue weighted by molar-refractivity contribution is 7.82. The summed E-state index contributed by atoms with van der Waals surface area (Å²) in [5.74, 6) is -0.681. The Balaban J connectivity index is 1.84. The van der Waals surface area contributed by atoms with E-state index in [0.717, 1.165) is 6.07 Å². The van der Waals surface area contributed by atoms with Crippen molar-refractivity contribution < 1.29 is 22.2 Å². The minimum absolute atomic E-state index is 0.121. The summed E-state index contributed by atoms with van der Waals surface area (Å²) >= 11 is 0. The molecule has 30 heavy (non-hydrogen) atoms. The molecule has 0 aliphatic rings. The summed E-state index contributed by atoms with van der Waals surface area (Å²) in [5.41, 5.74) is -0.231. The molecule has 154 valence electrons. The first kappa shape index (κ1) is 21.2. The van der Waals surface area contributed by atoms with Gasteiger partial charge in [-0.05, 0) is 29.8 Å².